The molecule has 4 rings (SSSR count). The number of nitrogens with zero attached hydrogens (tertiary/aromatic N) is 1. The van der Waals surface area contributed by atoms with Gasteiger partial charge in [-0.05, 0) is 61.9 Å². The van der Waals surface area contributed by atoms with Crippen molar-refractivity contribution < 1.29 is 14.3 Å². The molecule has 0 aliphatic heterocycles. The number of nitrogens with one attached hydrogen (secondary N) is 2. The van der Waals surface area contributed by atoms with E-state index in [2.05, 4.69) is 15.6 Å². The van der Waals surface area contributed by atoms with Crippen molar-refractivity contribution in [3.05, 3.63) is 75.9 Å². The molecular weight excluding hydrogens is 410 g/mol. The summed E-state index contributed by atoms with van der Waals surface area (Å²) in [6.07, 6.45) is 7.38. The maximum Gasteiger partial charge on any atom is 0.260 e. The standard InChI is InChI=1S/C24H25N3O3S/c1-2-30-19-11-5-3-9-17(19)22(28)27-24-21(18-10-4-6-12-20(18)31-24)23(29)26-15-16-8-7-13-25-14-16/h3,5,7-9,11,13-14H,2,4,6,10,12,15H2,1H3,(H,26,29)(H,27,28). The van der Waals surface area contributed by atoms with Crippen LogP contribution in [0.15, 0.2) is 48.8 Å². The number of hydrogen-bond acceptors (Lipinski definition) is 5. The Morgan fingerprint density at radius 3 is 2.74 bits per heavy atom. The van der Waals surface area contributed by atoms with Gasteiger partial charge in [-0.2, -0.15) is 0 Å². The molecule has 160 valence electrons. The highest BCUT2D eigenvalue weighted by Gasteiger charge is 2.27. The van der Waals surface area contributed by atoms with Crippen LogP contribution in [0.2, 0.25) is 0 Å². The molecule has 31 heavy (non-hydrogen) atoms. The molecule has 0 bridgehead atoms. The van der Waals surface area contributed by atoms with E-state index >= 15 is 0 Å². The zero-order valence-corrected chi connectivity index (χ0v) is 18.3. The molecule has 2 heterocycles. The summed E-state index contributed by atoms with van der Waals surface area (Å²) in [5.41, 5.74) is 3.03. The van der Waals surface area contributed by atoms with Crippen LogP contribution in [0.5, 0.6) is 5.75 Å². The first-order valence-electron chi connectivity index (χ1n) is 10.5. The number of fused-ring (bicyclic) bond motifs is 1. The molecule has 1 aliphatic rings. The molecule has 0 radical (unpaired) electrons. The SMILES string of the molecule is CCOc1ccccc1C(=O)Nc1sc2c(c1C(=O)NCc1cccnc1)CCCC2. The number of rotatable bonds is 7. The fourth-order valence-corrected chi connectivity index (χ4v) is 5.06. The molecule has 1 aromatic carbocycles. The molecular formula is C24H25N3O3S. The number of carbonyl (C=O) groups is 2. The van der Waals surface area contributed by atoms with Gasteiger partial charge in [-0.25, -0.2) is 0 Å². The second-order valence-corrected chi connectivity index (χ2v) is 8.45. The maximum atomic E-state index is 13.2. The van der Waals surface area contributed by atoms with Crippen molar-refractivity contribution in [2.75, 3.05) is 11.9 Å². The second-order valence-electron chi connectivity index (χ2n) is 7.34. The highest BCUT2D eigenvalue weighted by molar-refractivity contribution is 7.17. The summed E-state index contributed by atoms with van der Waals surface area (Å²) < 4.78 is 5.60. The summed E-state index contributed by atoms with van der Waals surface area (Å²) in [5.74, 6) is 0.0898. The lowest BCUT2D eigenvalue weighted by atomic mass is 9.95. The average molecular weight is 436 g/mol. The van der Waals surface area contributed by atoms with Crippen molar-refractivity contribution in [3.8, 4) is 5.75 Å². The molecule has 1 aliphatic carbocycles. The molecule has 0 fully saturated rings. The lowest BCUT2D eigenvalue weighted by Crippen LogP contribution is -2.25. The minimum absolute atomic E-state index is 0.170. The Morgan fingerprint density at radius 2 is 1.94 bits per heavy atom. The van der Waals surface area contributed by atoms with E-state index < -0.39 is 0 Å². The van der Waals surface area contributed by atoms with Crippen molar-refractivity contribution >= 4 is 28.2 Å². The number of ether oxygens (including phenoxy) is 1. The van der Waals surface area contributed by atoms with Crippen molar-refractivity contribution in [1.82, 2.24) is 10.3 Å². The number of hydrogen-bond donors (Lipinski definition) is 2. The molecule has 0 spiro atoms. The minimum atomic E-state index is -0.274. The van der Waals surface area contributed by atoms with E-state index in [-0.39, 0.29) is 11.8 Å². The topological polar surface area (TPSA) is 80.3 Å². The molecule has 6 nitrogen and oxygen atoms in total. The Bertz CT molecular complexity index is 1080. The summed E-state index contributed by atoms with van der Waals surface area (Å²) in [4.78, 5) is 31.5. The predicted molar refractivity (Wildman–Crippen MR) is 122 cm³/mol. The van der Waals surface area contributed by atoms with Crippen molar-refractivity contribution in [2.45, 2.75) is 39.2 Å². The summed E-state index contributed by atoms with van der Waals surface area (Å²) in [7, 11) is 0. The molecule has 0 saturated heterocycles. The number of aromatic nitrogens is 1. The zero-order valence-electron chi connectivity index (χ0n) is 17.4. The minimum Gasteiger partial charge on any atom is -0.493 e. The van der Waals surface area contributed by atoms with Gasteiger partial charge in [-0.1, -0.05) is 18.2 Å². The Balaban J connectivity index is 1.60. The first-order valence-corrected chi connectivity index (χ1v) is 11.3. The lowest BCUT2D eigenvalue weighted by Gasteiger charge is -2.14. The van der Waals surface area contributed by atoms with Crippen LogP contribution in [0.1, 0.15) is 56.5 Å². The number of pyridine rings is 1. The third kappa shape index (κ3) is 4.77. The van der Waals surface area contributed by atoms with Gasteiger partial charge >= 0.3 is 0 Å². The van der Waals surface area contributed by atoms with E-state index in [1.165, 1.54) is 16.2 Å². The van der Waals surface area contributed by atoms with Crippen LogP contribution in [0.25, 0.3) is 0 Å². The Hall–Kier alpha value is -3.19. The number of benzene rings is 1. The highest BCUT2D eigenvalue weighted by atomic mass is 32.1. The molecule has 2 N–H and O–H groups in total. The third-order valence-electron chi connectivity index (χ3n) is 5.23. The zero-order chi connectivity index (χ0) is 21.6. The fourth-order valence-electron chi connectivity index (χ4n) is 3.77. The van der Waals surface area contributed by atoms with Gasteiger partial charge in [0, 0.05) is 23.8 Å². The van der Waals surface area contributed by atoms with Crippen LogP contribution >= 0.6 is 11.3 Å². The Kier molecular flexibility index (Phi) is 6.62. The van der Waals surface area contributed by atoms with E-state index in [0.29, 0.717) is 35.0 Å². The van der Waals surface area contributed by atoms with E-state index in [0.717, 1.165) is 36.8 Å². The highest BCUT2D eigenvalue weighted by Crippen LogP contribution is 2.38. The van der Waals surface area contributed by atoms with Crippen LogP contribution in [0, 0.1) is 0 Å². The fraction of sp³-hybridized carbons (Fsp3) is 0.292. The van der Waals surface area contributed by atoms with Crippen LogP contribution in [0.4, 0.5) is 5.00 Å². The molecule has 0 saturated carbocycles. The van der Waals surface area contributed by atoms with Gasteiger partial charge in [0.2, 0.25) is 0 Å². The number of amides is 2. The van der Waals surface area contributed by atoms with Gasteiger partial charge in [-0.15, -0.1) is 11.3 Å². The monoisotopic (exact) mass is 435 g/mol. The smallest absolute Gasteiger partial charge is 0.260 e. The first-order chi connectivity index (χ1) is 15.2. The number of para-hydroxylation sites is 1. The Labute approximate surface area is 185 Å². The lowest BCUT2D eigenvalue weighted by molar-refractivity contribution is 0.0951. The van der Waals surface area contributed by atoms with Crippen molar-refractivity contribution in [2.24, 2.45) is 0 Å². The number of aryl methyl sites for hydroxylation is 1. The third-order valence-corrected chi connectivity index (χ3v) is 6.44. The summed E-state index contributed by atoms with van der Waals surface area (Å²) >= 11 is 1.51. The van der Waals surface area contributed by atoms with Gasteiger partial charge in [0.25, 0.3) is 11.8 Å². The molecule has 2 aromatic heterocycles. The second kappa shape index (κ2) is 9.75. The quantitative estimate of drug-likeness (QED) is 0.568. The van der Waals surface area contributed by atoms with Crippen LogP contribution in [0.3, 0.4) is 0 Å². The summed E-state index contributed by atoms with van der Waals surface area (Å²) in [6.45, 7) is 2.74. The summed E-state index contributed by atoms with van der Waals surface area (Å²) in [6, 6.07) is 10.9. The average Bonchev–Trinajstić information content (AvgIpc) is 3.16. The van der Waals surface area contributed by atoms with E-state index in [4.69, 9.17) is 4.74 Å². The van der Waals surface area contributed by atoms with Gasteiger partial charge in [0.05, 0.1) is 17.7 Å². The molecule has 7 heteroatoms. The summed E-state index contributed by atoms with van der Waals surface area (Å²) in [5, 5.41) is 6.58. The van der Waals surface area contributed by atoms with Crippen LogP contribution in [-0.2, 0) is 19.4 Å². The van der Waals surface area contributed by atoms with Crippen LogP contribution in [-0.4, -0.2) is 23.4 Å². The van der Waals surface area contributed by atoms with Crippen LogP contribution < -0.4 is 15.4 Å². The number of carbonyl (C=O) groups excluding carboxylic acids is 2. The normalized spacial score (nSPS) is 12.7. The van der Waals surface area contributed by atoms with E-state index in [9.17, 15) is 9.59 Å². The first kappa shape index (κ1) is 21.1. The maximum absolute atomic E-state index is 13.2. The molecule has 0 atom stereocenters. The largest absolute Gasteiger partial charge is 0.493 e. The van der Waals surface area contributed by atoms with Crippen molar-refractivity contribution in [1.29, 1.82) is 0 Å². The molecule has 3 aromatic rings. The van der Waals surface area contributed by atoms with Crippen molar-refractivity contribution in [3.63, 3.8) is 0 Å². The molecule has 0 unspecified atom stereocenters. The predicted octanol–water partition coefficient (Wildman–Crippen LogP) is 4.60. The van der Waals surface area contributed by atoms with Gasteiger partial charge < -0.3 is 15.4 Å². The van der Waals surface area contributed by atoms with Gasteiger partial charge in [0.1, 0.15) is 10.8 Å². The van der Waals surface area contributed by atoms with E-state index in [1.807, 2.05) is 25.1 Å². The Morgan fingerprint density at radius 1 is 1.10 bits per heavy atom. The van der Waals surface area contributed by atoms with Gasteiger partial charge in [0.15, 0.2) is 0 Å². The molecule has 2 amide bonds. The van der Waals surface area contributed by atoms with Gasteiger partial charge in [-0.3, -0.25) is 14.6 Å². The number of thiophene rings is 1. The number of anilines is 1. The van der Waals surface area contributed by atoms with E-state index in [1.54, 1.807) is 30.6 Å².